The van der Waals surface area contributed by atoms with Gasteiger partial charge in [-0.25, -0.2) is 4.99 Å². The van der Waals surface area contributed by atoms with Gasteiger partial charge in [0.15, 0.2) is 5.78 Å². The molecule has 2 rings (SSSR count). The first kappa shape index (κ1) is 10.2. The number of allylic oxidation sites excluding steroid dienone is 3. The molecular formula is C10H11N5O. The molecule has 1 aromatic rings. The molecule has 6 heteroatoms. The minimum Gasteiger partial charge on any atom is -0.397 e. The number of nitrogens with one attached hydrogen (secondary N) is 1. The van der Waals surface area contributed by atoms with Crippen LogP contribution in [0.2, 0.25) is 0 Å². The van der Waals surface area contributed by atoms with E-state index in [1.807, 2.05) is 0 Å². The van der Waals surface area contributed by atoms with Gasteiger partial charge in [-0.15, -0.1) is 0 Å². The van der Waals surface area contributed by atoms with Crippen LogP contribution in [-0.4, -0.2) is 21.7 Å². The highest BCUT2D eigenvalue weighted by molar-refractivity contribution is 6.21. The van der Waals surface area contributed by atoms with Gasteiger partial charge in [-0.1, -0.05) is 0 Å². The zero-order valence-corrected chi connectivity index (χ0v) is 8.69. The van der Waals surface area contributed by atoms with Crippen LogP contribution in [-0.2, 0) is 4.79 Å². The molecular weight excluding hydrogens is 206 g/mol. The molecule has 0 unspecified atom stereocenters. The first-order valence-electron chi connectivity index (χ1n) is 4.65. The van der Waals surface area contributed by atoms with Crippen molar-refractivity contribution in [2.45, 2.75) is 6.92 Å². The lowest BCUT2D eigenvalue weighted by Crippen LogP contribution is -2.17. The molecule has 1 aliphatic carbocycles. The van der Waals surface area contributed by atoms with Crippen molar-refractivity contribution in [3.8, 4) is 0 Å². The molecule has 0 atom stereocenters. The largest absolute Gasteiger partial charge is 0.397 e. The number of nitrogens with two attached hydrogens (primary N) is 2. The lowest BCUT2D eigenvalue weighted by Gasteiger charge is -2.08. The second-order valence-corrected chi connectivity index (χ2v) is 3.46. The number of hydrogen-bond donors (Lipinski definition) is 3. The summed E-state index contributed by atoms with van der Waals surface area (Å²) in [6, 6.07) is 0. The van der Waals surface area contributed by atoms with E-state index in [1.165, 1.54) is 12.3 Å². The minimum atomic E-state index is -0.100. The van der Waals surface area contributed by atoms with Crippen molar-refractivity contribution in [1.82, 2.24) is 10.2 Å². The summed E-state index contributed by atoms with van der Waals surface area (Å²) >= 11 is 0. The van der Waals surface area contributed by atoms with Crippen LogP contribution in [0.5, 0.6) is 0 Å². The molecule has 0 radical (unpaired) electrons. The lowest BCUT2D eigenvalue weighted by atomic mass is 10.0. The summed E-state index contributed by atoms with van der Waals surface area (Å²) in [6.45, 7) is 1.71. The Bertz CT molecular complexity index is 535. The van der Waals surface area contributed by atoms with Gasteiger partial charge in [0.1, 0.15) is 11.5 Å². The van der Waals surface area contributed by atoms with Crippen LogP contribution in [0.25, 0.3) is 0 Å². The predicted molar refractivity (Wildman–Crippen MR) is 61.1 cm³/mol. The van der Waals surface area contributed by atoms with E-state index in [0.717, 1.165) is 0 Å². The molecule has 82 valence electrons. The zero-order valence-electron chi connectivity index (χ0n) is 8.69. The number of ketones is 1. The van der Waals surface area contributed by atoms with Gasteiger partial charge in [0.05, 0.1) is 17.6 Å². The van der Waals surface area contributed by atoms with Crippen LogP contribution in [0.1, 0.15) is 6.92 Å². The summed E-state index contributed by atoms with van der Waals surface area (Å²) in [6.07, 6.45) is 4.48. The number of nitrogen functional groups attached to an aromatic ring is 1. The molecule has 0 amide bonds. The normalized spacial score (nSPS) is 18.6. The molecule has 1 aliphatic rings. The van der Waals surface area contributed by atoms with Gasteiger partial charge >= 0.3 is 0 Å². The molecule has 1 aromatic heterocycles. The Balaban J connectivity index is 2.42. The molecule has 0 aliphatic heterocycles. The fourth-order valence-corrected chi connectivity index (χ4v) is 1.29. The van der Waals surface area contributed by atoms with Gasteiger partial charge in [-0.3, -0.25) is 9.89 Å². The maximum atomic E-state index is 11.3. The fourth-order valence-electron chi connectivity index (χ4n) is 1.29. The van der Waals surface area contributed by atoms with Crippen molar-refractivity contribution in [3.05, 3.63) is 29.6 Å². The number of aliphatic imine (C=N–C) groups is 1. The van der Waals surface area contributed by atoms with Gasteiger partial charge in [0, 0.05) is 6.08 Å². The highest BCUT2D eigenvalue weighted by Gasteiger charge is 2.14. The summed E-state index contributed by atoms with van der Waals surface area (Å²) in [4.78, 5) is 15.5. The number of nitrogens with zero attached hydrogens (tertiary/aromatic N) is 2. The molecule has 6 nitrogen and oxygen atoms in total. The van der Waals surface area contributed by atoms with E-state index in [4.69, 9.17) is 11.5 Å². The van der Waals surface area contributed by atoms with Crippen molar-refractivity contribution >= 4 is 23.0 Å². The van der Waals surface area contributed by atoms with Crippen LogP contribution in [0, 0.1) is 0 Å². The van der Waals surface area contributed by atoms with Gasteiger partial charge in [0.25, 0.3) is 0 Å². The SMILES string of the molecule is CC1=CC(=Nc2cn[nH]c2N)C(N)=CC1=O. The second kappa shape index (κ2) is 3.65. The molecule has 0 aromatic carbocycles. The first-order valence-corrected chi connectivity index (χ1v) is 4.65. The van der Waals surface area contributed by atoms with Crippen molar-refractivity contribution in [1.29, 1.82) is 0 Å². The molecule has 16 heavy (non-hydrogen) atoms. The molecule has 5 N–H and O–H groups in total. The Morgan fingerprint density at radius 1 is 1.38 bits per heavy atom. The first-order chi connectivity index (χ1) is 7.58. The number of hydrogen-bond acceptors (Lipinski definition) is 5. The van der Waals surface area contributed by atoms with Gasteiger partial charge < -0.3 is 11.5 Å². The Kier molecular flexibility index (Phi) is 2.32. The van der Waals surface area contributed by atoms with E-state index in [1.54, 1.807) is 13.0 Å². The van der Waals surface area contributed by atoms with E-state index in [-0.39, 0.29) is 5.78 Å². The van der Waals surface area contributed by atoms with Crippen molar-refractivity contribution in [2.75, 3.05) is 5.73 Å². The minimum absolute atomic E-state index is 0.100. The van der Waals surface area contributed by atoms with Crippen molar-refractivity contribution in [2.24, 2.45) is 10.7 Å². The number of aromatic nitrogens is 2. The van der Waals surface area contributed by atoms with Gasteiger partial charge in [-0.05, 0) is 18.6 Å². The quantitative estimate of drug-likeness (QED) is 0.592. The van der Waals surface area contributed by atoms with Gasteiger partial charge in [-0.2, -0.15) is 5.10 Å². The molecule has 0 saturated heterocycles. The van der Waals surface area contributed by atoms with E-state index >= 15 is 0 Å². The summed E-state index contributed by atoms with van der Waals surface area (Å²) in [5, 5.41) is 6.31. The molecule has 0 bridgehead atoms. The lowest BCUT2D eigenvalue weighted by molar-refractivity contribution is -0.111. The van der Waals surface area contributed by atoms with Crippen molar-refractivity contribution < 1.29 is 4.79 Å². The van der Waals surface area contributed by atoms with Gasteiger partial charge in [0.2, 0.25) is 0 Å². The van der Waals surface area contributed by atoms with Crippen LogP contribution >= 0.6 is 0 Å². The number of H-pyrrole nitrogens is 1. The molecule has 0 fully saturated rings. The summed E-state index contributed by atoms with van der Waals surface area (Å²) in [5.74, 6) is 0.264. The van der Waals surface area contributed by atoms with E-state index < -0.39 is 0 Å². The Morgan fingerprint density at radius 3 is 2.75 bits per heavy atom. The summed E-state index contributed by atoms with van der Waals surface area (Å²) in [7, 11) is 0. The van der Waals surface area contributed by atoms with E-state index in [0.29, 0.717) is 28.5 Å². The Hall–Kier alpha value is -2.37. The average Bonchev–Trinajstić information content (AvgIpc) is 2.61. The number of carbonyl (C=O) groups is 1. The standard InChI is InChI=1S/C10H11N5O/c1-5-2-7(6(11)3-9(5)16)14-8-4-13-15-10(8)12/h2-4H,11H2,1H3,(H3,12,13,15). The molecule has 0 spiro atoms. The van der Waals surface area contributed by atoms with Crippen LogP contribution < -0.4 is 11.5 Å². The van der Waals surface area contributed by atoms with Crippen LogP contribution in [0.15, 0.2) is 34.6 Å². The van der Waals surface area contributed by atoms with E-state index in [2.05, 4.69) is 15.2 Å². The highest BCUT2D eigenvalue weighted by Crippen LogP contribution is 2.20. The van der Waals surface area contributed by atoms with Crippen molar-refractivity contribution in [3.63, 3.8) is 0 Å². The third kappa shape index (κ3) is 1.72. The third-order valence-corrected chi connectivity index (χ3v) is 2.21. The Labute approximate surface area is 91.7 Å². The second-order valence-electron chi connectivity index (χ2n) is 3.46. The molecule has 0 saturated carbocycles. The van der Waals surface area contributed by atoms with Crippen LogP contribution in [0.4, 0.5) is 11.5 Å². The number of aromatic amines is 1. The Morgan fingerprint density at radius 2 is 2.12 bits per heavy atom. The molecule has 1 heterocycles. The number of carbonyl (C=O) groups excluding carboxylic acids is 1. The monoisotopic (exact) mass is 217 g/mol. The predicted octanol–water partition coefficient (Wildman–Crippen LogP) is 0.436. The fraction of sp³-hybridized carbons (Fsp3) is 0.100. The maximum absolute atomic E-state index is 11.3. The zero-order chi connectivity index (χ0) is 11.7. The smallest absolute Gasteiger partial charge is 0.183 e. The third-order valence-electron chi connectivity index (χ3n) is 2.21. The average molecular weight is 217 g/mol. The summed E-state index contributed by atoms with van der Waals surface area (Å²) < 4.78 is 0. The van der Waals surface area contributed by atoms with Crippen LogP contribution in [0.3, 0.4) is 0 Å². The highest BCUT2D eigenvalue weighted by atomic mass is 16.1. The van der Waals surface area contributed by atoms with E-state index in [9.17, 15) is 4.79 Å². The number of anilines is 1. The number of rotatable bonds is 1. The topological polar surface area (TPSA) is 110 Å². The summed E-state index contributed by atoms with van der Waals surface area (Å²) in [5.41, 5.74) is 13.2. The maximum Gasteiger partial charge on any atom is 0.183 e.